The molecule has 1 saturated heterocycles. The highest BCUT2D eigenvalue weighted by atomic mass is 32.1. The summed E-state index contributed by atoms with van der Waals surface area (Å²) in [6, 6.07) is 5.97. The van der Waals surface area contributed by atoms with Gasteiger partial charge in [0, 0.05) is 6.42 Å². The standard InChI is InChI=1S/C19H25N5O2S/c1-25-15-8-7-14(11-16(15)26-2)12-18-22-24-17(20-21-19(24)27-18)13-23-9-5-3-4-6-10-23/h7-8,11H,3-6,9-10,12-13H2,1-2H3. The van der Waals surface area contributed by atoms with Gasteiger partial charge in [-0.25, -0.2) is 0 Å². The molecule has 2 aromatic heterocycles. The largest absolute Gasteiger partial charge is 0.493 e. The summed E-state index contributed by atoms with van der Waals surface area (Å²) in [5, 5.41) is 14.5. The van der Waals surface area contributed by atoms with Crippen molar-refractivity contribution < 1.29 is 9.47 Å². The van der Waals surface area contributed by atoms with Gasteiger partial charge in [0.1, 0.15) is 5.01 Å². The van der Waals surface area contributed by atoms with Crippen LogP contribution in [0.2, 0.25) is 0 Å². The fourth-order valence-corrected chi connectivity index (χ4v) is 4.41. The summed E-state index contributed by atoms with van der Waals surface area (Å²) in [4.78, 5) is 3.33. The van der Waals surface area contributed by atoms with Gasteiger partial charge >= 0.3 is 0 Å². The topological polar surface area (TPSA) is 64.8 Å². The van der Waals surface area contributed by atoms with E-state index in [2.05, 4.69) is 15.1 Å². The number of fused-ring (bicyclic) bond motifs is 1. The second-order valence-corrected chi connectivity index (χ2v) is 7.90. The maximum atomic E-state index is 5.40. The van der Waals surface area contributed by atoms with E-state index < -0.39 is 0 Å². The Kier molecular flexibility index (Phi) is 5.54. The number of likely N-dealkylation sites (tertiary alicyclic amines) is 1. The minimum absolute atomic E-state index is 0.734. The molecule has 0 amide bonds. The monoisotopic (exact) mass is 387 g/mol. The Hall–Kier alpha value is -2.19. The van der Waals surface area contributed by atoms with Crippen molar-refractivity contribution in [3.05, 3.63) is 34.6 Å². The molecule has 0 aliphatic carbocycles. The lowest BCUT2D eigenvalue weighted by molar-refractivity contribution is 0.268. The lowest BCUT2D eigenvalue weighted by Crippen LogP contribution is -2.25. The highest BCUT2D eigenvalue weighted by molar-refractivity contribution is 7.16. The Bertz CT molecular complexity index is 899. The van der Waals surface area contributed by atoms with Crippen LogP contribution in [0.4, 0.5) is 0 Å². The predicted octanol–water partition coefficient (Wildman–Crippen LogP) is 3.17. The molecule has 1 fully saturated rings. The number of benzene rings is 1. The van der Waals surface area contributed by atoms with Crippen LogP contribution in [0.1, 0.15) is 42.1 Å². The average molecular weight is 388 g/mol. The number of ether oxygens (including phenoxy) is 2. The minimum Gasteiger partial charge on any atom is -0.493 e. The third-order valence-electron chi connectivity index (χ3n) is 4.96. The number of methoxy groups -OCH3 is 2. The Balaban J connectivity index is 1.51. The van der Waals surface area contributed by atoms with Crippen LogP contribution in [-0.4, -0.2) is 52.0 Å². The first-order chi connectivity index (χ1) is 13.3. The Labute approximate surface area is 162 Å². The number of hydrogen-bond acceptors (Lipinski definition) is 7. The Morgan fingerprint density at radius 3 is 2.52 bits per heavy atom. The van der Waals surface area contributed by atoms with Crippen molar-refractivity contribution in [1.82, 2.24) is 24.7 Å². The third-order valence-corrected chi connectivity index (χ3v) is 5.86. The normalized spacial score (nSPS) is 15.8. The quantitative estimate of drug-likeness (QED) is 0.647. The van der Waals surface area contributed by atoms with E-state index in [0.717, 1.165) is 58.9 Å². The van der Waals surface area contributed by atoms with Crippen LogP contribution < -0.4 is 9.47 Å². The van der Waals surface area contributed by atoms with Gasteiger partial charge in [0.15, 0.2) is 17.3 Å². The molecule has 0 spiro atoms. The summed E-state index contributed by atoms with van der Waals surface area (Å²) < 4.78 is 12.6. The molecular weight excluding hydrogens is 362 g/mol. The van der Waals surface area contributed by atoms with Crippen LogP contribution in [0.3, 0.4) is 0 Å². The van der Waals surface area contributed by atoms with Crippen LogP contribution in [0.15, 0.2) is 18.2 Å². The zero-order valence-electron chi connectivity index (χ0n) is 15.8. The van der Waals surface area contributed by atoms with Crippen LogP contribution in [-0.2, 0) is 13.0 Å². The zero-order valence-corrected chi connectivity index (χ0v) is 16.7. The van der Waals surface area contributed by atoms with E-state index in [9.17, 15) is 0 Å². The highest BCUT2D eigenvalue weighted by Crippen LogP contribution is 2.29. The van der Waals surface area contributed by atoms with Crippen molar-refractivity contribution in [1.29, 1.82) is 0 Å². The van der Waals surface area contributed by atoms with Crippen molar-refractivity contribution in [2.75, 3.05) is 27.3 Å². The van der Waals surface area contributed by atoms with Crippen molar-refractivity contribution in [3.8, 4) is 11.5 Å². The van der Waals surface area contributed by atoms with Crippen LogP contribution in [0.5, 0.6) is 11.5 Å². The molecule has 0 atom stereocenters. The SMILES string of the molecule is COc1ccc(Cc2nn3c(CN4CCCCCC4)nnc3s2)cc1OC. The summed E-state index contributed by atoms with van der Waals surface area (Å²) in [6.45, 7) is 3.09. The first-order valence-corrected chi connectivity index (χ1v) is 10.2. The van der Waals surface area contributed by atoms with E-state index in [1.165, 1.54) is 25.7 Å². The maximum Gasteiger partial charge on any atom is 0.234 e. The summed E-state index contributed by atoms with van der Waals surface area (Å²) in [6.07, 6.45) is 5.93. The molecule has 3 aromatic rings. The van der Waals surface area contributed by atoms with Crippen LogP contribution >= 0.6 is 11.3 Å². The fraction of sp³-hybridized carbons (Fsp3) is 0.526. The zero-order chi connectivity index (χ0) is 18.6. The summed E-state index contributed by atoms with van der Waals surface area (Å²) in [7, 11) is 3.30. The molecule has 1 aliphatic heterocycles. The van der Waals surface area contributed by atoms with Gasteiger partial charge in [-0.15, -0.1) is 10.2 Å². The molecular formula is C19H25N5O2S. The van der Waals surface area contributed by atoms with Crippen molar-refractivity contribution in [3.63, 3.8) is 0 Å². The van der Waals surface area contributed by atoms with Gasteiger partial charge in [0.05, 0.1) is 20.8 Å². The second-order valence-electron chi connectivity index (χ2n) is 6.86. The van der Waals surface area contributed by atoms with Gasteiger partial charge in [-0.2, -0.15) is 9.61 Å². The maximum absolute atomic E-state index is 5.40. The summed E-state index contributed by atoms with van der Waals surface area (Å²) in [5.41, 5.74) is 1.13. The van der Waals surface area contributed by atoms with Crippen LogP contribution in [0.25, 0.3) is 4.96 Å². The molecule has 4 rings (SSSR count). The van der Waals surface area contributed by atoms with Gasteiger partial charge in [-0.05, 0) is 43.6 Å². The van der Waals surface area contributed by atoms with E-state index in [-0.39, 0.29) is 0 Å². The van der Waals surface area contributed by atoms with Gasteiger partial charge in [0.2, 0.25) is 4.96 Å². The highest BCUT2D eigenvalue weighted by Gasteiger charge is 2.17. The lowest BCUT2D eigenvalue weighted by atomic mass is 10.1. The van der Waals surface area contributed by atoms with Crippen molar-refractivity contribution in [2.24, 2.45) is 0 Å². The molecule has 1 aliphatic rings. The Morgan fingerprint density at radius 1 is 1.00 bits per heavy atom. The van der Waals surface area contributed by atoms with Gasteiger partial charge in [-0.1, -0.05) is 30.2 Å². The molecule has 1 aromatic carbocycles. The van der Waals surface area contributed by atoms with Gasteiger partial charge < -0.3 is 9.47 Å². The third kappa shape index (κ3) is 4.06. The number of nitrogens with zero attached hydrogens (tertiary/aromatic N) is 5. The Morgan fingerprint density at radius 2 is 1.78 bits per heavy atom. The summed E-state index contributed by atoms with van der Waals surface area (Å²) >= 11 is 1.59. The number of aromatic nitrogens is 4. The average Bonchev–Trinajstić information content (AvgIpc) is 3.13. The molecule has 3 heterocycles. The number of rotatable bonds is 6. The predicted molar refractivity (Wildman–Crippen MR) is 105 cm³/mol. The van der Waals surface area contributed by atoms with Gasteiger partial charge in [-0.3, -0.25) is 4.90 Å². The van der Waals surface area contributed by atoms with Crippen LogP contribution in [0, 0.1) is 0 Å². The minimum atomic E-state index is 0.734. The van der Waals surface area contributed by atoms with E-state index in [1.807, 2.05) is 22.7 Å². The van der Waals surface area contributed by atoms with E-state index in [1.54, 1.807) is 25.6 Å². The van der Waals surface area contributed by atoms with E-state index >= 15 is 0 Å². The molecule has 8 heteroatoms. The second kappa shape index (κ2) is 8.22. The first-order valence-electron chi connectivity index (χ1n) is 9.40. The smallest absolute Gasteiger partial charge is 0.234 e. The fourth-order valence-electron chi connectivity index (χ4n) is 3.53. The summed E-state index contributed by atoms with van der Waals surface area (Å²) in [5.74, 6) is 2.40. The number of hydrogen-bond donors (Lipinski definition) is 0. The lowest BCUT2D eigenvalue weighted by Gasteiger charge is -2.17. The first kappa shape index (κ1) is 18.2. The van der Waals surface area contributed by atoms with Crippen molar-refractivity contribution in [2.45, 2.75) is 38.6 Å². The molecule has 0 N–H and O–H groups in total. The van der Waals surface area contributed by atoms with Gasteiger partial charge in [0.25, 0.3) is 0 Å². The molecule has 27 heavy (non-hydrogen) atoms. The molecule has 7 nitrogen and oxygen atoms in total. The molecule has 0 radical (unpaired) electrons. The molecule has 0 saturated carbocycles. The molecule has 0 unspecified atom stereocenters. The van der Waals surface area contributed by atoms with E-state index in [0.29, 0.717) is 0 Å². The van der Waals surface area contributed by atoms with Crippen molar-refractivity contribution >= 4 is 16.3 Å². The van der Waals surface area contributed by atoms with E-state index in [4.69, 9.17) is 14.6 Å². The molecule has 0 bridgehead atoms. The molecule has 144 valence electrons.